The molecule has 3 fully saturated rings. The molecule has 0 aromatic carbocycles. The molecule has 226 valence electrons. The summed E-state index contributed by atoms with van der Waals surface area (Å²) < 4.78 is 29.6. The molecule has 0 radical (unpaired) electrons. The van der Waals surface area contributed by atoms with Crippen LogP contribution in [-0.2, 0) is 28.5 Å². The second kappa shape index (κ2) is 18.4. The number of methoxy groups -OCH3 is 1. The fraction of sp³-hybridized carbons (Fsp3) is 0.906. The molecule has 1 aliphatic carbocycles. The topological polar surface area (TPSA) is 83.5 Å². The van der Waals surface area contributed by atoms with E-state index in [0.717, 1.165) is 90.3 Å². The van der Waals surface area contributed by atoms with Crippen molar-refractivity contribution < 1.29 is 33.6 Å². The number of esters is 1. The van der Waals surface area contributed by atoms with E-state index in [1.807, 2.05) is 0 Å². The minimum atomic E-state index is -0.386. The van der Waals surface area contributed by atoms with Crippen molar-refractivity contribution in [3.8, 4) is 0 Å². The second-order valence-corrected chi connectivity index (χ2v) is 12.0. The Kier molecular flexibility index (Phi) is 15.4. The monoisotopic (exact) mass is 552 g/mol. The Bertz CT molecular complexity index is 686. The van der Waals surface area contributed by atoms with Crippen LogP contribution in [0, 0.1) is 17.8 Å². The van der Waals surface area contributed by atoms with Crippen molar-refractivity contribution in [3.05, 3.63) is 12.2 Å². The number of rotatable bonds is 17. The highest BCUT2D eigenvalue weighted by Crippen LogP contribution is 2.40. The fourth-order valence-electron chi connectivity index (χ4n) is 6.47. The van der Waals surface area contributed by atoms with Gasteiger partial charge in [-0.3, -0.25) is 4.79 Å². The lowest BCUT2D eigenvalue weighted by Gasteiger charge is -2.30. The number of aliphatic hydroxyl groups is 1. The summed E-state index contributed by atoms with van der Waals surface area (Å²) in [4.78, 5) is 11.4. The van der Waals surface area contributed by atoms with Gasteiger partial charge in [0.05, 0.1) is 25.4 Å². The summed E-state index contributed by atoms with van der Waals surface area (Å²) in [6.07, 6.45) is 19.5. The van der Waals surface area contributed by atoms with E-state index < -0.39 is 0 Å². The molecular formula is C32H56O7. The molecule has 2 aliphatic heterocycles. The number of unbranched alkanes of at least 4 members (excludes halogenated alkanes) is 3. The first kappa shape index (κ1) is 32.5. The Morgan fingerprint density at radius 1 is 1.03 bits per heavy atom. The van der Waals surface area contributed by atoms with Crippen LogP contribution in [0.15, 0.2) is 12.2 Å². The molecule has 0 spiro atoms. The van der Waals surface area contributed by atoms with Gasteiger partial charge in [-0.25, -0.2) is 0 Å². The highest BCUT2D eigenvalue weighted by atomic mass is 16.7. The Morgan fingerprint density at radius 3 is 2.41 bits per heavy atom. The van der Waals surface area contributed by atoms with Gasteiger partial charge in [0, 0.05) is 32.0 Å². The van der Waals surface area contributed by atoms with Gasteiger partial charge in [0.15, 0.2) is 12.6 Å². The normalized spacial score (nSPS) is 31.4. The minimum Gasteiger partial charge on any atom is -0.469 e. The number of ether oxygens (including phenoxy) is 5. The van der Waals surface area contributed by atoms with Crippen molar-refractivity contribution in [2.24, 2.45) is 17.8 Å². The van der Waals surface area contributed by atoms with Gasteiger partial charge >= 0.3 is 5.97 Å². The molecular weight excluding hydrogens is 496 g/mol. The Morgan fingerprint density at radius 2 is 1.74 bits per heavy atom. The van der Waals surface area contributed by atoms with Crippen molar-refractivity contribution in [2.75, 3.05) is 20.3 Å². The van der Waals surface area contributed by atoms with Crippen molar-refractivity contribution in [2.45, 2.75) is 147 Å². The first-order valence-electron chi connectivity index (χ1n) is 16.0. The summed E-state index contributed by atoms with van der Waals surface area (Å²) in [5.74, 6) is 0.710. The first-order valence-corrected chi connectivity index (χ1v) is 16.0. The summed E-state index contributed by atoms with van der Waals surface area (Å²) in [7, 11) is 1.44. The van der Waals surface area contributed by atoms with Gasteiger partial charge in [-0.05, 0) is 69.6 Å². The van der Waals surface area contributed by atoms with Crippen LogP contribution in [-0.4, -0.2) is 62.3 Å². The molecule has 7 nitrogen and oxygen atoms in total. The van der Waals surface area contributed by atoms with E-state index in [-0.39, 0.29) is 48.7 Å². The molecule has 4 unspecified atom stereocenters. The second-order valence-electron chi connectivity index (χ2n) is 12.0. The zero-order valence-corrected chi connectivity index (χ0v) is 24.9. The summed E-state index contributed by atoms with van der Waals surface area (Å²) >= 11 is 0. The van der Waals surface area contributed by atoms with Gasteiger partial charge < -0.3 is 28.8 Å². The maximum atomic E-state index is 11.4. The SMILES string of the molecule is CCCC(C)CC(C=C[C@@H]1[C@@H](CCCCCCC(=O)OC)[C@@H](O)C[C@H]1OC1CCCCO1)OC1CCCCO1. The predicted octanol–water partition coefficient (Wildman–Crippen LogP) is 6.70. The van der Waals surface area contributed by atoms with E-state index >= 15 is 0 Å². The molecule has 0 aromatic heterocycles. The van der Waals surface area contributed by atoms with Crippen LogP contribution in [0.4, 0.5) is 0 Å². The molecule has 39 heavy (non-hydrogen) atoms. The fourth-order valence-corrected chi connectivity index (χ4v) is 6.47. The standard InChI is InChI=1S/C32H56O7/c1-4-13-24(2)22-25(38-31-16-9-11-20-36-31)18-19-27-26(14-7-5-6-8-15-30(34)35-3)28(33)23-29(27)39-32-17-10-12-21-37-32/h18-19,24-29,31-33H,4-17,20-23H2,1-3H3/t24?,25?,26-,27-,28+,29-,31?,32?/m1/s1. The van der Waals surface area contributed by atoms with Crippen LogP contribution in [0.25, 0.3) is 0 Å². The maximum Gasteiger partial charge on any atom is 0.305 e. The zero-order chi connectivity index (χ0) is 27.9. The summed E-state index contributed by atoms with van der Waals surface area (Å²) in [5.41, 5.74) is 0. The van der Waals surface area contributed by atoms with Gasteiger partial charge in [0.2, 0.25) is 0 Å². The highest BCUT2D eigenvalue weighted by Gasteiger charge is 2.42. The quantitative estimate of drug-likeness (QED) is 0.122. The molecule has 2 saturated heterocycles. The largest absolute Gasteiger partial charge is 0.469 e. The lowest BCUT2D eigenvalue weighted by atomic mass is 9.87. The summed E-state index contributed by atoms with van der Waals surface area (Å²) in [6, 6.07) is 0. The van der Waals surface area contributed by atoms with Crippen LogP contribution in [0.3, 0.4) is 0 Å². The van der Waals surface area contributed by atoms with Gasteiger partial charge in [0.1, 0.15) is 0 Å². The number of carbonyl (C=O) groups excluding carboxylic acids is 1. The third-order valence-corrected chi connectivity index (χ3v) is 8.68. The molecule has 8 atom stereocenters. The first-order chi connectivity index (χ1) is 19.0. The third kappa shape index (κ3) is 11.8. The van der Waals surface area contributed by atoms with Crippen molar-refractivity contribution in [1.82, 2.24) is 0 Å². The van der Waals surface area contributed by atoms with Gasteiger partial charge in [-0.1, -0.05) is 58.1 Å². The molecule has 0 bridgehead atoms. The predicted molar refractivity (Wildman–Crippen MR) is 152 cm³/mol. The molecule has 1 N–H and O–H groups in total. The molecule has 0 amide bonds. The van der Waals surface area contributed by atoms with Crippen LogP contribution in [0.1, 0.15) is 117 Å². The average molecular weight is 553 g/mol. The van der Waals surface area contributed by atoms with E-state index in [4.69, 9.17) is 23.7 Å². The van der Waals surface area contributed by atoms with Crippen LogP contribution in [0.5, 0.6) is 0 Å². The van der Waals surface area contributed by atoms with E-state index in [0.29, 0.717) is 18.8 Å². The van der Waals surface area contributed by atoms with E-state index in [1.54, 1.807) is 0 Å². The van der Waals surface area contributed by atoms with Crippen molar-refractivity contribution >= 4 is 5.97 Å². The van der Waals surface area contributed by atoms with Crippen LogP contribution < -0.4 is 0 Å². The molecule has 0 aromatic rings. The minimum absolute atomic E-state index is 0.00190. The molecule has 2 heterocycles. The van der Waals surface area contributed by atoms with Crippen LogP contribution in [0.2, 0.25) is 0 Å². The maximum absolute atomic E-state index is 11.4. The van der Waals surface area contributed by atoms with E-state index in [9.17, 15) is 9.90 Å². The Balaban J connectivity index is 1.65. The molecule has 3 aliphatic rings. The molecule has 3 rings (SSSR count). The lowest BCUT2D eigenvalue weighted by molar-refractivity contribution is -0.193. The zero-order valence-electron chi connectivity index (χ0n) is 24.9. The van der Waals surface area contributed by atoms with Crippen molar-refractivity contribution in [3.63, 3.8) is 0 Å². The van der Waals surface area contributed by atoms with E-state index in [1.165, 1.54) is 20.0 Å². The third-order valence-electron chi connectivity index (χ3n) is 8.68. The molecule has 7 heteroatoms. The molecule has 1 saturated carbocycles. The number of hydrogen-bond acceptors (Lipinski definition) is 7. The Hall–Kier alpha value is -0.990. The van der Waals surface area contributed by atoms with Crippen molar-refractivity contribution in [1.29, 1.82) is 0 Å². The van der Waals surface area contributed by atoms with Gasteiger partial charge in [-0.2, -0.15) is 0 Å². The van der Waals surface area contributed by atoms with Gasteiger partial charge in [-0.15, -0.1) is 0 Å². The number of hydrogen-bond donors (Lipinski definition) is 1. The summed E-state index contributed by atoms with van der Waals surface area (Å²) in [5, 5.41) is 11.1. The Labute approximate surface area is 237 Å². The average Bonchev–Trinajstić information content (AvgIpc) is 3.23. The number of aliphatic hydroxyl groups excluding tert-OH is 1. The van der Waals surface area contributed by atoms with Crippen LogP contribution >= 0.6 is 0 Å². The number of carbonyl (C=O) groups is 1. The summed E-state index contributed by atoms with van der Waals surface area (Å²) in [6.45, 7) is 6.08. The smallest absolute Gasteiger partial charge is 0.305 e. The highest BCUT2D eigenvalue weighted by molar-refractivity contribution is 5.68. The van der Waals surface area contributed by atoms with Gasteiger partial charge in [0.25, 0.3) is 0 Å². The van der Waals surface area contributed by atoms with E-state index in [2.05, 4.69) is 26.0 Å². The lowest BCUT2D eigenvalue weighted by Crippen LogP contribution is -2.31.